The highest BCUT2D eigenvalue weighted by molar-refractivity contribution is 7.15. The number of halogens is 1. The molecule has 3 aromatic rings. The molecule has 0 aliphatic heterocycles. The van der Waals surface area contributed by atoms with Gasteiger partial charge in [-0.3, -0.25) is 4.79 Å². The number of methoxy groups -OCH3 is 2. The Labute approximate surface area is 192 Å². The molecule has 10 heteroatoms. The predicted molar refractivity (Wildman–Crippen MR) is 123 cm³/mol. The van der Waals surface area contributed by atoms with Crippen LogP contribution >= 0.6 is 11.3 Å². The summed E-state index contributed by atoms with van der Waals surface area (Å²) in [6, 6.07) is 4.79. The van der Waals surface area contributed by atoms with E-state index >= 15 is 0 Å². The number of aryl methyl sites for hydroxylation is 1. The molecule has 0 amide bonds. The molecule has 0 bridgehead atoms. The molecule has 170 valence electrons. The number of pyridine rings is 1. The van der Waals surface area contributed by atoms with Crippen LogP contribution in [0.2, 0.25) is 0 Å². The van der Waals surface area contributed by atoms with Gasteiger partial charge in [0.05, 0.1) is 25.1 Å². The molecule has 1 aromatic carbocycles. The highest BCUT2D eigenvalue weighted by Crippen LogP contribution is 2.47. The first-order valence-electron chi connectivity index (χ1n) is 10.6. The van der Waals surface area contributed by atoms with E-state index in [1.165, 1.54) is 18.4 Å². The van der Waals surface area contributed by atoms with Crippen molar-refractivity contribution in [2.45, 2.75) is 43.9 Å². The van der Waals surface area contributed by atoms with E-state index in [-0.39, 0.29) is 11.6 Å². The number of hydrogen-bond acceptors (Lipinski definition) is 6. The van der Waals surface area contributed by atoms with Gasteiger partial charge in [0.15, 0.2) is 5.75 Å². The lowest BCUT2D eigenvalue weighted by atomic mass is 9.93. The van der Waals surface area contributed by atoms with Crippen molar-refractivity contribution >= 4 is 28.2 Å². The number of thiophene rings is 1. The number of benzene rings is 1. The maximum absolute atomic E-state index is 14.4. The number of rotatable bonds is 5. The third-order valence-corrected chi connectivity index (χ3v) is 7.56. The standard InChI is InChI=1S/C23H21FN4O4S/c1-31-21-13(17-9-11-3-8-16(24)18(26-27-25)22(11)33-17)6-7-14-19(21)28(12-4-5-12)10-15(20(14)29)23(30)32-2/h6-7,9-10,12,16,18H,3-5,8H2,1-2H3. The van der Waals surface area contributed by atoms with E-state index in [0.29, 0.717) is 29.5 Å². The number of hydrogen-bond donors (Lipinski definition) is 0. The lowest BCUT2D eigenvalue weighted by Gasteiger charge is -2.21. The Morgan fingerprint density at radius 2 is 2.09 bits per heavy atom. The van der Waals surface area contributed by atoms with Gasteiger partial charge < -0.3 is 14.0 Å². The summed E-state index contributed by atoms with van der Waals surface area (Å²) >= 11 is 1.38. The van der Waals surface area contributed by atoms with Crippen LogP contribution < -0.4 is 10.2 Å². The third-order valence-electron chi connectivity index (χ3n) is 6.28. The summed E-state index contributed by atoms with van der Waals surface area (Å²) in [4.78, 5) is 29.7. The second-order valence-corrected chi connectivity index (χ2v) is 9.33. The number of alkyl halides is 1. The minimum atomic E-state index is -1.21. The Morgan fingerprint density at radius 3 is 2.76 bits per heavy atom. The summed E-state index contributed by atoms with van der Waals surface area (Å²) in [5, 5.41) is 4.07. The highest BCUT2D eigenvalue weighted by Gasteiger charge is 2.33. The lowest BCUT2D eigenvalue weighted by molar-refractivity contribution is 0.0598. The molecule has 8 nitrogen and oxygen atoms in total. The van der Waals surface area contributed by atoms with E-state index in [1.807, 2.05) is 10.6 Å². The second kappa shape index (κ2) is 8.20. The van der Waals surface area contributed by atoms with Crippen molar-refractivity contribution in [3.63, 3.8) is 0 Å². The third kappa shape index (κ3) is 3.46. The van der Waals surface area contributed by atoms with Crippen LogP contribution in [0.5, 0.6) is 5.75 Å². The Hall–Kier alpha value is -3.36. The molecular formula is C23H21FN4O4S. The normalized spacial score (nSPS) is 19.6. The number of carbonyl (C=O) groups is 1. The van der Waals surface area contributed by atoms with Crippen LogP contribution in [0, 0.1) is 0 Å². The number of esters is 1. The number of azide groups is 1. The molecular weight excluding hydrogens is 447 g/mol. The first kappa shape index (κ1) is 21.5. The lowest BCUT2D eigenvalue weighted by Crippen LogP contribution is -2.20. The van der Waals surface area contributed by atoms with Crippen LogP contribution in [0.4, 0.5) is 4.39 Å². The molecule has 2 unspecified atom stereocenters. The number of fused-ring (bicyclic) bond motifs is 2. The number of carbonyl (C=O) groups excluding carboxylic acids is 1. The van der Waals surface area contributed by atoms with E-state index in [0.717, 1.165) is 33.7 Å². The van der Waals surface area contributed by atoms with Crippen molar-refractivity contribution in [1.82, 2.24) is 4.57 Å². The van der Waals surface area contributed by atoms with Crippen molar-refractivity contribution in [3.05, 3.63) is 61.1 Å². The largest absolute Gasteiger partial charge is 0.494 e. The molecule has 2 heterocycles. The number of aromatic nitrogens is 1. The summed E-state index contributed by atoms with van der Waals surface area (Å²) in [5.41, 5.74) is 10.8. The van der Waals surface area contributed by atoms with E-state index in [9.17, 15) is 14.0 Å². The van der Waals surface area contributed by atoms with Gasteiger partial charge in [-0.2, -0.15) is 0 Å². The monoisotopic (exact) mass is 468 g/mol. The van der Waals surface area contributed by atoms with E-state index < -0.39 is 23.6 Å². The van der Waals surface area contributed by atoms with Crippen LogP contribution in [0.1, 0.15) is 52.1 Å². The fraction of sp³-hybridized carbons (Fsp3) is 0.391. The molecule has 2 atom stereocenters. The van der Waals surface area contributed by atoms with Gasteiger partial charge in [0, 0.05) is 32.5 Å². The summed E-state index contributed by atoms with van der Waals surface area (Å²) in [6.07, 6.45) is 3.09. The summed E-state index contributed by atoms with van der Waals surface area (Å²) in [5.74, 6) is -0.154. The zero-order chi connectivity index (χ0) is 23.3. The van der Waals surface area contributed by atoms with E-state index in [1.54, 1.807) is 25.4 Å². The Kier molecular flexibility index (Phi) is 5.34. The zero-order valence-corrected chi connectivity index (χ0v) is 18.9. The van der Waals surface area contributed by atoms with Gasteiger partial charge in [0.2, 0.25) is 5.43 Å². The quantitative estimate of drug-likeness (QED) is 0.213. The van der Waals surface area contributed by atoms with Crippen LogP contribution in [-0.4, -0.2) is 30.9 Å². The molecule has 2 aliphatic carbocycles. The molecule has 0 saturated heterocycles. The van der Waals surface area contributed by atoms with Crippen molar-refractivity contribution in [2.75, 3.05) is 14.2 Å². The Balaban J connectivity index is 1.74. The van der Waals surface area contributed by atoms with Crippen LogP contribution in [0.3, 0.4) is 0 Å². The number of ether oxygens (including phenoxy) is 2. The van der Waals surface area contributed by atoms with Crippen molar-refractivity contribution in [2.24, 2.45) is 5.11 Å². The van der Waals surface area contributed by atoms with Gasteiger partial charge in [-0.25, -0.2) is 9.18 Å². The van der Waals surface area contributed by atoms with Crippen LogP contribution in [0.15, 0.2) is 34.3 Å². The smallest absolute Gasteiger partial charge is 0.343 e. The van der Waals surface area contributed by atoms with Crippen molar-refractivity contribution in [3.8, 4) is 16.2 Å². The highest BCUT2D eigenvalue weighted by atomic mass is 32.1. The van der Waals surface area contributed by atoms with Gasteiger partial charge in [-0.1, -0.05) is 5.11 Å². The van der Waals surface area contributed by atoms with Gasteiger partial charge in [-0.05, 0) is 55.0 Å². The maximum Gasteiger partial charge on any atom is 0.343 e. The fourth-order valence-corrected chi connectivity index (χ4v) is 5.85. The fourth-order valence-electron chi connectivity index (χ4n) is 4.53. The van der Waals surface area contributed by atoms with Crippen LogP contribution in [-0.2, 0) is 11.2 Å². The van der Waals surface area contributed by atoms with Crippen LogP contribution in [0.25, 0.3) is 31.8 Å². The topological polar surface area (TPSA) is 106 Å². The molecule has 2 aliphatic rings. The molecule has 0 spiro atoms. The van der Waals surface area contributed by atoms with Gasteiger partial charge >= 0.3 is 5.97 Å². The molecule has 1 saturated carbocycles. The summed E-state index contributed by atoms with van der Waals surface area (Å²) in [6.45, 7) is 0. The molecule has 33 heavy (non-hydrogen) atoms. The molecule has 0 radical (unpaired) electrons. The maximum atomic E-state index is 14.4. The second-order valence-electron chi connectivity index (χ2n) is 8.25. The van der Waals surface area contributed by atoms with Crippen molar-refractivity contribution in [1.29, 1.82) is 0 Å². The van der Waals surface area contributed by atoms with E-state index in [2.05, 4.69) is 10.0 Å². The minimum Gasteiger partial charge on any atom is -0.494 e. The zero-order valence-electron chi connectivity index (χ0n) is 18.1. The average molecular weight is 469 g/mol. The van der Waals surface area contributed by atoms with Gasteiger partial charge in [-0.15, -0.1) is 11.3 Å². The Morgan fingerprint density at radius 1 is 1.30 bits per heavy atom. The molecule has 5 rings (SSSR count). The first-order valence-corrected chi connectivity index (χ1v) is 11.5. The summed E-state index contributed by atoms with van der Waals surface area (Å²) in [7, 11) is 2.80. The van der Waals surface area contributed by atoms with Crippen molar-refractivity contribution < 1.29 is 18.7 Å². The SMILES string of the molecule is COC(=O)c1cn(C2CC2)c2c(OC)c(-c3cc4c(s3)C(N=[N+]=[N-])C(F)CC4)ccc2c1=O. The average Bonchev–Trinajstić information content (AvgIpc) is 3.58. The predicted octanol–water partition coefficient (Wildman–Crippen LogP) is 5.50. The molecule has 2 aromatic heterocycles. The number of nitrogens with zero attached hydrogens (tertiary/aromatic N) is 4. The van der Waals surface area contributed by atoms with Gasteiger partial charge in [0.1, 0.15) is 17.8 Å². The first-order chi connectivity index (χ1) is 16.0. The Bertz CT molecular complexity index is 1390. The van der Waals surface area contributed by atoms with E-state index in [4.69, 9.17) is 15.0 Å². The minimum absolute atomic E-state index is 0.00974. The molecule has 1 fully saturated rings. The summed E-state index contributed by atoms with van der Waals surface area (Å²) < 4.78 is 27.0. The molecule has 0 N–H and O–H groups in total. The van der Waals surface area contributed by atoms with Gasteiger partial charge in [0.25, 0.3) is 0 Å².